The molecule has 5 rings (SSSR count). The van der Waals surface area contributed by atoms with E-state index in [1.165, 1.54) is 33.8 Å². The maximum atomic E-state index is 14.6. The third kappa shape index (κ3) is 27.8. The predicted octanol–water partition coefficient (Wildman–Crippen LogP) is 0.620. The number of carboxylic acids is 3. The van der Waals surface area contributed by atoms with Crippen LogP contribution in [0, 0.1) is 11.8 Å². The van der Waals surface area contributed by atoms with Gasteiger partial charge in [0.05, 0.1) is 12.5 Å². The Morgan fingerprint density at radius 3 is 1.57 bits per heavy atom. The number of nitrogens with two attached hydrogens (primary N) is 2. The number of carbonyl (C=O) groups excluding carboxylic acids is 12. The first-order valence-electron chi connectivity index (χ1n) is 35.7. The maximum absolute atomic E-state index is 14.6. The third-order valence-electron chi connectivity index (χ3n) is 18.4. The Morgan fingerprint density at radius 1 is 0.538 bits per heavy atom. The monoisotopic (exact) mass is 1450 g/mol. The number of guanidine groups is 1. The fraction of sp³-hybridized carbons (Fsp3) is 0.583. The number of benzene rings is 2. The summed E-state index contributed by atoms with van der Waals surface area (Å²) in [4.78, 5) is 209. The lowest BCUT2D eigenvalue weighted by molar-refractivity contribution is -0.146. The van der Waals surface area contributed by atoms with E-state index in [1.807, 2.05) is 44.2 Å². The lowest BCUT2D eigenvalue weighted by Gasteiger charge is -2.34. The molecule has 0 unspecified atom stereocenters. The van der Waals surface area contributed by atoms with Crippen molar-refractivity contribution in [1.82, 2.24) is 57.2 Å². The quantitative estimate of drug-likeness (QED) is 0.0187. The summed E-state index contributed by atoms with van der Waals surface area (Å²) in [6.45, 7) is 8.98. The van der Waals surface area contributed by atoms with Crippen LogP contribution in [-0.4, -0.2) is 218 Å². The summed E-state index contributed by atoms with van der Waals surface area (Å²) in [5.74, 6) is -12.6. The van der Waals surface area contributed by atoms with Gasteiger partial charge in [-0.05, 0) is 100 Å². The number of Topliss-reactive ketones (excluding diaryl/α,β-unsaturated/α-hetero) is 1. The van der Waals surface area contributed by atoms with Crippen LogP contribution in [-0.2, 0) is 84.8 Å². The molecule has 0 radical (unpaired) electrons. The largest absolute Gasteiger partial charge is 0.481 e. The van der Waals surface area contributed by atoms with Crippen LogP contribution in [0.4, 0.5) is 0 Å². The van der Waals surface area contributed by atoms with Crippen LogP contribution in [0.15, 0.2) is 77.8 Å². The Morgan fingerprint density at radius 2 is 1.05 bits per heavy atom. The molecule has 3 aliphatic rings. The van der Waals surface area contributed by atoms with Gasteiger partial charge in [-0.2, -0.15) is 0 Å². The zero-order chi connectivity index (χ0) is 76.6. The van der Waals surface area contributed by atoms with Crippen molar-refractivity contribution in [2.45, 2.75) is 223 Å². The number of carbonyl (C=O) groups is 15. The third-order valence-corrected chi connectivity index (χ3v) is 18.4. The van der Waals surface area contributed by atoms with Crippen LogP contribution in [0.25, 0.3) is 0 Å². The van der Waals surface area contributed by atoms with E-state index in [0.717, 1.165) is 5.56 Å². The van der Waals surface area contributed by atoms with Crippen molar-refractivity contribution in [2.75, 3.05) is 32.7 Å². The molecule has 3 heterocycles. The van der Waals surface area contributed by atoms with Gasteiger partial charge in [0.15, 0.2) is 11.7 Å². The van der Waals surface area contributed by atoms with Gasteiger partial charge in [-0.3, -0.25) is 72.1 Å². The average Bonchev–Trinajstić information content (AvgIpc) is 1.62. The van der Waals surface area contributed by atoms with E-state index < -0.39 is 175 Å². The minimum atomic E-state index is -1.76. The number of amides is 11. The zero-order valence-electron chi connectivity index (χ0n) is 59.9. The van der Waals surface area contributed by atoms with Gasteiger partial charge in [0.2, 0.25) is 65.0 Å². The van der Waals surface area contributed by atoms with Gasteiger partial charge in [0.25, 0.3) is 0 Å². The minimum absolute atomic E-state index is 0.00205. The summed E-state index contributed by atoms with van der Waals surface area (Å²) in [6.07, 6.45) is 3.82. The average molecular weight is 1450 g/mol. The smallest absolute Gasteiger partial charge is 0.326 e. The van der Waals surface area contributed by atoms with Gasteiger partial charge in [0.1, 0.15) is 54.4 Å². The Hall–Kier alpha value is -10.3. The Labute approximate surface area is 605 Å². The van der Waals surface area contributed by atoms with Crippen molar-refractivity contribution in [3.8, 4) is 0 Å². The topological polar surface area (TPSA) is 487 Å². The second-order valence-electron chi connectivity index (χ2n) is 27.0. The van der Waals surface area contributed by atoms with E-state index in [-0.39, 0.29) is 115 Å². The number of unbranched alkanes of at least 4 members (excludes halogenated alkanes) is 1. The molecule has 0 spiro atoms. The van der Waals surface area contributed by atoms with Crippen molar-refractivity contribution in [3.63, 3.8) is 0 Å². The molecule has 0 aliphatic carbocycles. The number of nitrogens with zero attached hydrogens (tertiary/aromatic N) is 4. The van der Waals surface area contributed by atoms with Crippen LogP contribution in [0.1, 0.15) is 161 Å². The SMILES string of the molecule is CC[C@H](C)[C@H](NC(=O)[C@@H]1CCCN1C(=O)[C@H](CCC(=O)O)NC(=O)[C@H](Cc1ccccc1)NC(=O)[C@H](CC(=O)O)NC(=O)C/C=C/CNC(=O)CCCCC(=O)[C@H](CCCN=C(N)N)NC(=O)[C@@H]1CCCN1C(=O)[C@H](Cc1ccccc1)NC(C)=O)C(=O)N1CCC[C@H]1C(=O)N[C@@H](CC(C)C)C(=O)O. The van der Waals surface area contributed by atoms with Crippen LogP contribution in [0.5, 0.6) is 0 Å². The molecule has 3 aliphatic heterocycles. The van der Waals surface area contributed by atoms with Crippen LogP contribution >= 0.6 is 0 Å². The lowest BCUT2D eigenvalue weighted by atomic mass is 9.96. The van der Waals surface area contributed by atoms with Crippen molar-refractivity contribution in [1.29, 1.82) is 0 Å². The number of hydrogen-bond acceptors (Lipinski definition) is 16. The van der Waals surface area contributed by atoms with Crippen LogP contribution < -0.4 is 54.0 Å². The van der Waals surface area contributed by atoms with E-state index in [0.29, 0.717) is 44.1 Å². The first-order chi connectivity index (χ1) is 49.5. The highest BCUT2D eigenvalue weighted by molar-refractivity contribution is 5.99. The molecule has 32 heteroatoms. The molecule has 15 N–H and O–H groups in total. The Bertz CT molecular complexity index is 3390. The Balaban J connectivity index is 1.17. The van der Waals surface area contributed by atoms with Crippen molar-refractivity contribution >= 4 is 94.6 Å². The molecule has 0 aromatic heterocycles. The molecule has 2 aromatic carbocycles. The van der Waals surface area contributed by atoms with Gasteiger partial charge < -0.3 is 84.0 Å². The maximum Gasteiger partial charge on any atom is 0.326 e. The number of carboxylic acid groups (broad SMARTS) is 3. The summed E-state index contributed by atoms with van der Waals surface area (Å²) in [6, 6.07) is 5.02. The second-order valence-corrected chi connectivity index (χ2v) is 27.0. The summed E-state index contributed by atoms with van der Waals surface area (Å²) >= 11 is 0. The number of rotatable bonds is 43. The van der Waals surface area contributed by atoms with Crippen LogP contribution in [0.3, 0.4) is 0 Å². The van der Waals surface area contributed by atoms with E-state index in [1.54, 1.807) is 44.2 Å². The van der Waals surface area contributed by atoms with Gasteiger partial charge in [-0.1, -0.05) is 107 Å². The number of aliphatic carboxylic acids is 3. The molecule has 104 heavy (non-hydrogen) atoms. The summed E-state index contributed by atoms with van der Waals surface area (Å²) in [5, 5.41) is 50.5. The highest BCUT2D eigenvalue weighted by Gasteiger charge is 2.45. The van der Waals surface area contributed by atoms with E-state index in [4.69, 9.17) is 11.5 Å². The number of ketones is 1. The van der Waals surface area contributed by atoms with E-state index in [9.17, 15) is 87.2 Å². The molecule has 0 bridgehead atoms. The normalized spacial score (nSPS) is 17.9. The number of aliphatic imine (C=N–C) groups is 1. The first-order valence-corrected chi connectivity index (χ1v) is 35.7. The molecule has 11 amide bonds. The summed E-state index contributed by atoms with van der Waals surface area (Å²) in [7, 11) is 0. The highest BCUT2D eigenvalue weighted by atomic mass is 16.4. The molecule has 2 aromatic rings. The standard InChI is InChI=1S/C72H104N14O18/c1-6-44(4)62(70(102)86-38-20-27-55(86)66(98)82-53(71(103)104)39-43(2)3)83-67(99)56-28-19-36-84(56)68(100)49(32-33-60(91)92)80-63(95)50(40-46-21-9-7-10-22-46)81-64(96)51(42-61(93)94)78-59(90)31-15-16-34-75-58(89)30-14-13-29-57(88)48(25-17-35-76-72(73)74)79-65(97)54-26-18-37-85(54)69(101)52(77-45(5)87)41-47-23-11-8-12-24-47/h7-12,15-16,21-24,43-44,48-56,62H,6,13-14,17-20,25-42H2,1-5H3,(H,75,89)(H,77,87)(H,78,90)(H,79,97)(H,80,95)(H,81,96)(H,82,98)(H,83,99)(H,91,92)(H,93,94)(H,103,104)(H4,73,74,76)/b16-15+/t44-,48-,49-,50-,51-,52-,53-,54-,55-,56-,62-/m0/s1. The van der Waals surface area contributed by atoms with Gasteiger partial charge in [0, 0.05) is 78.2 Å². The molecule has 0 saturated carbocycles. The molecular weight excluding hydrogens is 1350 g/mol. The van der Waals surface area contributed by atoms with Crippen molar-refractivity contribution < 1.29 is 87.2 Å². The minimum Gasteiger partial charge on any atom is -0.481 e. The van der Waals surface area contributed by atoms with Crippen LogP contribution in [0.2, 0.25) is 0 Å². The number of hydrogen-bond donors (Lipinski definition) is 13. The van der Waals surface area contributed by atoms with E-state index in [2.05, 4.69) is 47.5 Å². The second kappa shape index (κ2) is 43.0. The molecule has 32 nitrogen and oxygen atoms in total. The number of nitrogens with one attached hydrogen (secondary N) is 8. The number of likely N-dealkylation sites (tertiary alicyclic amines) is 3. The van der Waals surface area contributed by atoms with Crippen molar-refractivity contribution in [3.05, 3.63) is 83.9 Å². The predicted molar refractivity (Wildman–Crippen MR) is 380 cm³/mol. The molecule has 3 saturated heterocycles. The zero-order valence-corrected chi connectivity index (χ0v) is 59.9. The molecular formula is C72H104N14O18. The molecule has 3 fully saturated rings. The van der Waals surface area contributed by atoms with Gasteiger partial charge >= 0.3 is 17.9 Å². The Kier molecular flexibility index (Phi) is 34.8. The fourth-order valence-electron chi connectivity index (χ4n) is 12.8. The van der Waals surface area contributed by atoms with Gasteiger partial charge in [-0.25, -0.2) is 4.79 Å². The fourth-order valence-corrected chi connectivity index (χ4v) is 12.8. The summed E-state index contributed by atoms with van der Waals surface area (Å²) in [5.41, 5.74) is 12.3. The van der Waals surface area contributed by atoms with Crippen molar-refractivity contribution in [2.24, 2.45) is 28.3 Å². The summed E-state index contributed by atoms with van der Waals surface area (Å²) < 4.78 is 0. The highest BCUT2D eigenvalue weighted by Crippen LogP contribution is 2.26. The van der Waals surface area contributed by atoms with E-state index >= 15 is 0 Å². The van der Waals surface area contributed by atoms with Gasteiger partial charge in [-0.15, -0.1) is 0 Å². The molecule has 11 atom stereocenters. The molecule has 570 valence electrons. The lowest BCUT2D eigenvalue weighted by Crippen LogP contribution is -2.60. The first kappa shape index (κ1) is 84.4.